The number of hydrogen-bond donors (Lipinski definition) is 1. The lowest BCUT2D eigenvalue weighted by Crippen LogP contribution is -2.23. The molecule has 1 unspecified atom stereocenters. The van der Waals surface area contributed by atoms with E-state index in [0.717, 1.165) is 19.4 Å². The molecule has 2 heteroatoms. The zero-order chi connectivity index (χ0) is 14.4. The lowest BCUT2D eigenvalue weighted by Gasteiger charge is -2.18. The predicted octanol–water partition coefficient (Wildman–Crippen LogP) is 4.38. The molecule has 2 aromatic carbocycles. The second-order valence-corrected chi connectivity index (χ2v) is 6.27. The van der Waals surface area contributed by atoms with Crippen LogP contribution in [-0.2, 0) is 12.8 Å². The van der Waals surface area contributed by atoms with Crippen molar-refractivity contribution in [2.45, 2.75) is 19.8 Å². The monoisotopic (exact) mass is 331 g/mol. The van der Waals surface area contributed by atoms with E-state index < -0.39 is 0 Å². The molecule has 0 aliphatic carbocycles. The highest BCUT2D eigenvalue weighted by Crippen LogP contribution is 2.21. The van der Waals surface area contributed by atoms with Crippen molar-refractivity contribution < 1.29 is 0 Å². The molecule has 1 atom stereocenters. The lowest BCUT2D eigenvalue weighted by atomic mass is 9.92. The fourth-order valence-electron chi connectivity index (χ4n) is 2.65. The van der Waals surface area contributed by atoms with Crippen LogP contribution in [0.5, 0.6) is 0 Å². The summed E-state index contributed by atoms with van der Waals surface area (Å²) in [5.74, 6) is 0.612. The van der Waals surface area contributed by atoms with Crippen molar-refractivity contribution in [1.29, 1.82) is 0 Å². The molecule has 0 bridgehead atoms. The van der Waals surface area contributed by atoms with Crippen molar-refractivity contribution in [3.8, 4) is 0 Å². The van der Waals surface area contributed by atoms with Crippen LogP contribution in [0.2, 0.25) is 0 Å². The van der Waals surface area contributed by atoms with Gasteiger partial charge in [-0.1, -0.05) is 64.0 Å². The molecule has 0 fully saturated rings. The summed E-state index contributed by atoms with van der Waals surface area (Å²) in [6.45, 7) is 3.19. The molecule has 20 heavy (non-hydrogen) atoms. The van der Waals surface area contributed by atoms with Gasteiger partial charge in [-0.15, -0.1) is 0 Å². The van der Waals surface area contributed by atoms with Crippen molar-refractivity contribution in [1.82, 2.24) is 5.32 Å². The van der Waals surface area contributed by atoms with Crippen LogP contribution in [0.25, 0.3) is 0 Å². The Morgan fingerprint density at radius 3 is 2.55 bits per heavy atom. The maximum absolute atomic E-state index is 3.65. The van der Waals surface area contributed by atoms with E-state index in [4.69, 9.17) is 0 Å². The van der Waals surface area contributed by atoms with Gasteiger partial charge in [-0.2, -0.15) is 0 Å². The molecule has 0 saturated carbocycles. The Morgan fingerprint density at radius 1 is 1.05 bits per heavy atom. The smallest absolute Gasteiger partial charge is 0.0207 e. The number of rotatable bonds is 6. The molecule has 106 valence electrons. The first-order valence-electron chi connectivity index (χ1n) is 7.12. The summed E-state index contributed by atoms with van der Waals surface area (Å²) in [4.78, 5) is 0. The Kier molecular flexibility index (Phi) is 5.81. The van der Waals surface area contributed by atoms with Crippen LogP contribution in [0.3, 0.4) is 0 Å². The fourth-order valence-corrected chi connectivity index (χ4v) is 3.10. The predicted molar refractivity (Wildman–Crippen MR) is 90.1 cm³/mol. The van der Waals surface area contributed by atoms with E-state index in [2.05, 4.69) is 76.7 Å². The van der Waals surface area contributed by atoms with E-state index in [1.807, 2.05) is 7.05 Å². The third-order valence-electron chi connectivity index (χ3n) is 3.57. The summed E-state index contributed by atoms with van der Waals surface area (Å²) >= 11 is 3.65. The van der Waals surface area contributed by atoms with Gasteiger partial charge in [0.2, 0.25) is 0 Å². The van der Waals surface area contributed by atoms with Crippen molar-refractivity contribution >= 4 is 15.9 Å². The van der Waals surface area contributed by atoms with E-state index in [1.165, 1.54) is 21.2 Å². The van der Waals surface area contributed by atoms with Gasteiger partial charge in [-0.3, -0.25) is 0 Å². The second kappa shape index (κ2) is 7.61. The summed E-state index contributed by atoms with van der Waals surface area (Å²) in [5.41, 5.74) is 4.16. The van der Waals surface area contributed by atoms with Gasteiger partial charge < -0.3 is 5.32 Å². The fraction of sp³-hybridized carbons (Fsp3) is 0.333. The van der Waals surface area contributed by atoms with Crippen molar-refractivity contribution in [2.24, 2.45) is 5.92 Å². The number of nitrogens with one attached hydrogen (secondary N) is 1. The first-order chi connectivity index (χ1) is 9.69. The minimum atomic E-state index is 0.612. The summed E-state index contributed by atoms with van der Waals surface area (Å²) in [5, 5.41) is 3.33. The Hall–Kier alpha value is -1.12. The van der Waals surface area contributed by atoms with Gasteiger partial charge in [-0.25, -0.2) is 0 Å². The molecule has 0 spiro atoms. The molecule has 0 aliphatic rings. The third kappa shape index (κ3) is 4.46. The number of hydrogen-bond acceptors (Lipinski definition) is 1. The lowest BCUT2D eigenvalue weighted by molar-refractivity contribution is 0.492. The van der Waals surface area contributed by atoms with Crippen LogP contribution >= 0.6 is 15.9 Å². The zero-order valence-electron chi connectivity index (χ0n) is 12.2. The normalized spacial score (nSPS) is 12.3. The maximum Gasteiger partial charge on any atom is 0.0207 e. The average Bonchev–Trinajstić information content (AvgIpc) is 2.42. The Balaban J connectivity index is 2.09. The molecule has 0 aliphatic heterocycles. The minimum Gasteiger partial charge on any atom is -0.319 e. The van der Waals surface area contributed by atoms with Gasteiger partial charge in [0.1, 0.15) is 0 Å². The SMILES string of the molecule is CNCC(Cc1cccc(C)c1)Cc1ccccc1Br. The van der Waals surface area contributed by atoms with Crippen LogP contribution in [0.4, 0.5) is 0 Å². The summed E-state index contributed by atoms with van der Waals surface area (Å²) in [7, 11) is 2.03. The minimum absolute atomic E-state index is 0.612. The molecule has 0 aromatic heterocycles. The molecule has 2 aromatic rings. The Labute approximate surface area is 130 Å². The molecular weight excluding hydrogens is 310 g/mol. The zero-order valence-corrected chi connectivity index (χ0v) is 13.8. The van der Waals surface area contributed by atoms with E-state index in [-0.39, 0.29) is 0 Å². The number of aryl methyl sites for hydroxylation is 1. The van der Waals surface area contributed by atoms with Gasteiger partial charge in [0.05, 0.1) is 0 Å². The van der Waals surface area contributed by atoms with E-state index >= 15 is 0 Å². The summed E-state index contributed by atoms with van der Waals surface area (Å²) in [6, 6.07) is 17.4. The van der Waals surface area contributed by atoms with Crippen LogP contribution in [0.15, 0.2) is 53.0 Å². The maximum atomic E-state index is 3.65. The van der Waals surface area contributed by atoms with Crippen molar-refractivity contribution in [2.75, 3.05) is 13.6 Å². The van der Waals surface area contributed by atoms with Crippen LogP contribution in [0.1, 0.15) is 16.7 Å². The van der Waals surface area contributed by atoms with Crippen molar-refractivity contribution in [3.63, 3.8) is 0 Å². The highest BCUT2D eigenvalue weighted by Gasteiger charge is 2.12. The average molecular weight is 332 g/mol. The van der Waals surface area contributed by atoms with Gasteiger partial charge >= 0.3 is 0 Å². The molecular formula is C18H22BrN. The summed E-state index contributed by atoms with van der Waals surface area (Å²) in [6.07, 6.45) is 2.21. The van der Waals surface area contributed by atoms with E-state index in [9.17, 15) is 0 Å². The van der Waals surface area contributed by atoms with Crippen LogP contribution in [-0.4, -0.2) is 13.6 Å². The highest BCUT2D eigenvalue weighted by atomic mass is 79.9. The van der Waals surface area contributed by atoms with Gasteiger partial charge in [0, 0.05) is 4.47 Å². The van der Waals surface area contributed by atoms with Gasteiger partial charge in [0.25, 0.3) is 0 Å². The van der Waals surface area contributed by atoms with Crippen molar-refractivity contribution in [3.05, 3.63) is 69.7 Å². The third-order valence-corrected chi connectivity index (χ3v) is 4.34. The van der Waals surface area contributed by atoms with E-state index in [0.29, 0.717) is 5.92 Å². The quantitative estimate of drug-likeness (QED) is 0.828. The molecule has 2 rings (SSSR count). The molecule has 0 saturated heterocycles. The summed E-state index contributed by atoms with van der Waals surface area (Å²) < 4.78 is 1.21. The molecule has 1 N–H and O–H groups in total. The second-order valence-electron chi connectivity index (χ2n) is 5.41. The largest absolute Gasteiger partial charge is 0.319 e. The first kappa shape index (κ1) is 15.3. The van der Waals surface area contributed by atoms with E-state index in [1.54, 1.807) is 0 Å². The van der Waals surface area contributed by atoms with Gasteiger partial charge in [-0.05, 0) is 56.5 Å². The highest BCUT2D eigenvalue weighted by molar-refractivity contribution is 9.10. The number of benzene rings is 2. The number of halogens is 1. The Bertz CT molecular complexity index is 551. The van der Waals surface area contributed by atoms with Gasteiger partial charge in [0.15, 0.2) is 0 Å². The molecule has 1 nitrogen and oxygen atoms in total. The van der Waals surface area contributed by atoms with Crippen LogP contribution in [0, 0.1) is 12.8 Å². The molecule has 0 heterocycles. The first-order valence-corrected chi connectivity index (χ1v) is 7.92. The van der Waals surface area contributed by atoms with Crippen LogP contribution < -0.4 is 5.32 Å². The molecule has 0 radical (unpaired) electrons. The Morgan fingerprint density at radius 2 is 1.85 bits per heavy atom. The topological polar surface area (TPSA) is 12.0 Å². The standard InChI is InChI=1S/C18H22BrN/c1-14-6-5-7-15(10-14)11-16(13-20-2)12-17-8-3-4-9-18(17)19/h3-10,16,20H,11-13H2,1-2H3. The molecule has 0 amide bonds.